The monoisotopic (exact) mass is 494 g/mol. The van der Waals surface area contributed by atoms with E-state index in [9.17, 15) is 24.6 Å². The van der Waals surface area contributed by atoms with Crippen LogP contribution in [0.1, 0.15) is 17.2 Å². The minimum Gasteiger partial charge on any atom is -0.496 e. The number of methoxy groups -OCH3 is 1. The molecule has 2 saturated heterocycles. The molecule has 9 heteroatoms. The van der Waals surface area contributed by atoms with Crippen LogP contribution < -0.4 is 15.0 Å². The molecule has 2 fully saturated rings. The predicted molar refractivity (Wildman–Crippen MR) is 129 cm³/mol. The number of benzene rings is 3. The van der Waals surface area contributed by atoms with E-state index in [-0.39, 0.29) is 5.69 Å². The van der Waals surface area contributed by atoms with Crippen molar-refractivity contribution in [2.24, 2.45) is 11.8 Å². The predicted octanol–water partition coefficient (Wildman–Crippen LogP) is 3.08. The Morgan fingerprint density at radius 2 is 1.83 bits per heavy atom. The summed E-state index contributed by atoms with van der Waals surface area (Å²) in [4.78, 5) is 40.9. The van der Waals surface area contributed by atoms with Gasteiger partial charge >= 0.3 is 5.97 Å². The molecule has 2 amide bonds. The van der Waals surface area contributed by atoms with Gasteiger partial charge in [0.25, 0.3) is 0 Å². The third-order valence-corrected chi connectivity index (χ3v) is 7.58. The van der Waals surface area contributed by atoms with Gasteiger partial charge in [-0.15, -0.1) is 0 Å². The van der Waals surface area contributed by atoms with Gasteiger partial charge < -0.3 is 14.9 Å². The van der Waals surface area contributed by atoms with Crippen molar-refractivity contribution in [1.82, 2.24) is 5.32 Å². The first-order chi connectivity index (χ1) is 16.7. The van der Waals surface area contributed by atoms with Crippen LogP contribution in [0.15, 0.2) is 54.6 Å². The number of fused-ring (bicyclic) bond motifs is 2. The molecule has 2 aliphatic rings. The lowest BCUT2D eigenvalue weighted by Crippen LogP contribution is -2.58. The minimum absolute atomic E-state index is 0.264. The molecule has 0 aromatic heterocycles. The second-order valence-corrected chi connectivity index (χ2v) is 9.32. The number of amides is 2. The smallest absolute Gasteiger partial charge is 0.327 e. The zero-order valence-corrected chi connectivity index (χ0v) is 19.7. The van der Waals surface area contributed by atoms with E-state index >= 15 is 0 Å². The van der Waals surface area contributed by atoms with E-state index in [1.54, 1.807) is 38.3 Å². The van der Waals surface area contributed by atoms with Crippen molar-refractivity contribution in [3.8, 4) is 5.75 Å². The standard InChI is InChI=1S/C26H23ClN2O6/c1-13-7-8-14(11-18(13)27)29-23(31)20-21(24(29)32)26(12-30,25(33)34)28-22(20)17-9-10-19(35-2)16-6-4-3-5-15(16)17/h3-11,20-22,28,30H,12H2,1-2H3,(H,33,34). The van der Waals surface area contributed by atoms with Gasteiger partial charge in [-0.2, -0.15) is 0 Å². The fraction of sp³-hybridized carbons (Fsp3) is 0.269. The van der Waals surface area contributed by atoms with E-state index in [1.165, 1.54) is 6.07 Å². The maximum atomic E-state index is 13.8. The fourth-order valence-corrected chi connectivity index (χ4v) is 5.57. The maximum absolute atomic E-state index is 13.8. The van der Waals surface area contributed by atoms with Crippen LogP contribution in [-0.2, 0) is 14.4 Å². The molecule has 180 valence electrons. The molecular weight excluding hydrogens is 472 g/mol. The molecule has 2 heterocycles. The van der Waals surface area contributed by atoms with Gasteiger partial charge in [0.05, 0.1) is 31.2 Å². The molecule has 0 radical (unpaired) electrons. The number of aliphatic carboxylic acids is 1. The molecule has 4 unspecified atom stereocenters. The number of hydrogen-bond donors (Lipinski definition) is 3. The first-order valence-corrected chi connectivity index (χ1v) is 11.4. The molecule has 0 spiro atoms. The summed E-state index contributed by atoms with van der Waals surface area (Å²) in [5.74, 6) is -4.39. The molecule has 35 heavy (non-hydrogen) atoms. The highest BCUT2D eigenvalue weighted by Gasteiger charge is 2.68. The van der Waals surface area contributed by atoms with Crippen LogP contribution in [0, 0.1) is 18.8 Å². The van der Waals surface area contributed by atoms with Gasteiger partial charge in [-0.1, -0.05) is 48.0 Å². The Labute approximate surface area is 206 Å². The molecule has 3 aromatic carbocycles. The van der Waals surface area contributed by atoms with Crippen LogP contribution in [0.2, 0.25) is 5.02 Å². The molecule has 0 bridgehead atoms. The summed E-state index contributed by atoms with van der Waals surface area (Å²) in [5, 5.41) is 25.3. The number of aryl methyl sites for hydroxylation is 1. The number of nitrogens with one attached hydrogen (secondary N) is 1. The number of aliphatic hydroxyl groups excluding tert-OH is 1. The molecular formula is C26H23ClN2O6. The highest BCUT2D eigenvalue weighted by atomic mass is 35.5. The first kappa shape index (κ1) is 23.3. The number of halogens is 1. The highest BCUT2D eigenvalue weighted by Crippen LogP contribution is 2.51. The Hall–Kier alpha value is -3.46. The molecule has 2 aliphatic heterocycles. The quantitative estimate of drug-likeness (QED) is 0.467. The third-order valence-electron chi connectivity index (χ3n) is 7.17. The number of rotatable bonds is 5. The highest BCUT2D eigenvalue weighted by molar-refractivity contribution is 6.32. The lowest BCUT2D eigenvalue weighted by Gasteiger charge is -2.29. The molecule has 5 rings (SSSR count). The summed E-state index contributed by atoms with van der Waals surface area (Å²) in [5.41, 5.74) is -0.362. The van der Waals surface area contributed by atoms with Gasteiger partial charge in [0.2, 0.25) is 11.8 Å². The summed E-state index contributed by atoms with van der Waals surface area (Å²) in [7, 11) is 1.55. The fourth-order valence-electron chi connectivity index (χ4n) is 5.40. The van der Waals surface area contributed by atoms with Crippen LogP contribution in [0.4, 0.5) is 5.69 Å². The normalized spacial score (nSPS) is 25.8. The van der Waals surface area contributed by atoms with Gasteiger partial charge in [0.1, 0.15) is 5.75 Å². The van der Waals surface area contributed by atoms with Gasteiger partial charge in [-0.05, 0) is 41.6 Å². The SMILES string of the molecule is COc1ccc(C2NC(CO)(C(=O)O)C3C(=O)N(c4ccc(C)c(Cl)c4)C(=O)C23)c2ccccc12. The number of hydrogen-bond acceptors (Lipinski definition) is 6. The lowest BCUT2D eigenvalue weighted by molar-refractivity contribution is -0.150. The van der Waals surface area contributed by atoms with E-state index in [4.69, 9.17) is 16.3 Å². The Morgan fingerprint density at radius 3 is 2.46 bits per heavy atom. The topological polar surface area (TPSA) is 116 Å². The van der Waals surface area contributed by atoms with E-state index in [1.807, 2.05) is 24.3 Å². The van der Waals surface area contributed by atoms with Crippen molar-refractivity contribution >= 4 is 45.8 Å². The molecule has 3 aromatic rings. The van der Waals surface area contributed by atoms with E-state index in [0.29, 0.717) is 16.3 Å². The Balaban J connectivity index is 1.70. The largest absolute Gasteiger partial charge is 0.496 e. The van der Waals surface area contributed by atoms with Crippen LogP contribution in [0.5, 0.6) is 5.75 Å². The van der Waals surface area contributed by atoms with Gasteiger partial charge in [0.15, 0.2) is 5.54 Å². The number of carbonyl (C=O) groups is 3. The Bertz CT molecular complexity index is 1390. The number of nitrogens with zero attached hydrogens (tertiary/aromatic N) is 1. The van der Waals surface area contributed by atoms with Gasteiger partial charge in [0, 0.05) is 16.5 Å². The number of carbonyl (C=O) groups excluding carboxylic acids is 2. The van der Waals surface area contributed by atoms with Gasteiger partial charge in [-0.25, -0.2) is 4.90 Å². The first-order valence-electron chi connectivity index (χ1n) is 11.1. The summed E-state index contributed by atoms with van der Waals surface area (Å²) >= 11 is 6.25. The lowest BCUT2D eigenvalue weighted by atomic mass is 9.79. The molecule has 8 nitrogen and oxygen atoms in total. The number of aliphatic hydroxyl groups is 1. The van der Waals surface area contributed by atoms with Crippen molar-refractivity contribution < 1.29 is 29.3 Å². The summed E-state index contributed by atoms with van der Waals surface area (Å²) in [6.45, 7) is 0.931. The minimum atomic E-state index is -2.04. The summed E-state index contributed by atoms with van der Waals surface area (Å²) in [6.07, 6.45) is 0. The number of carboxylic acid groups (broad SMARTS) is 1. The van der Waals surface area contributed by atoms with Crippen molar-refractivity contribution in [2.45, 2.75) is 18.5 Å². The molecule has 4 atom stereocenters. The average Bonchev–Trinajstić information content (AvgIpc) is 3.34. The number of imide groups is 1. The maximum Gasteiger partial charge on any atom is 0.327 e. The van der Waals surface area contributed by atoms with Gasteiger partial charge in [-0.3, -0.25) is 19.7 Å². The number of carboxylic acids is 1. The van der Waals surface area contributed by atoms with Crippen molar-refractivity contribution in [1.29, 1.82) is 0 Å². The Morgan fingerprint density at radius 1 is 1.11 bits per heavy atom. The molecule has 0 aliphatic carbocycles. The van der Waals surface area contributed by atoms with Crippen molar-refractivity contribution in [3.05, 3.63) is 70.7 Å². The second kappa shape index (κ2) is 8.34. The molecule has 0 saturated carbocycles. The van der Waals surface area contributed by atoms with Crippen LogP contribution >= 0.6 is 11.6 Å². The number of ether oxygens (including phenoxy) is 1. The Kier molecular flexibility index (Phi) is 5.55. The van der Waals surface area contributed by atoms with Crippen LogP contribution in [0.25, 0.3) is 10.8 Å². The van der Waals surface area contributed by atoms with E-state index in [2.05, 4.69) is 5.32 Å². The zero-order chi connectivity index (χ0) is 25.1. The van der Waals surface area contributed by atoms with Crippen molar-refractivity contribution in [2.75, 3.05) is 18.6 Å². The van der Waals surface area contributed by atoms with E-state index in [0.717, 1.165) is 21.2 Å². The number of anilines is 1. The second-order valence-electron chi connectivity index (χ2n) is 8.91. The van der Waals surface area contributed by atoms with Crippen molar-refractivity contribution in [3.63, 3.8) is 0 Å². The average molecular weight is 495 g/mol. The van der Waals surface area contributed by atoms with Crippen LogP contribution in [-0.4, -0.2) is 47.3 Å². The zero-order valence-electron chi connectivity index (χ0n) is 19.0. The third kappa shape index (κ3) is 3.25. The molecule has 3 N–H and O–H groups in total. The summed E-state index contributed by atoms with van der Waals surface area (Å²) < 4.78 is 5.47. The summed E-state index contributed by atoms with van der Waals surface area (Å²) in [6, 6.07) is 14.9. The van der Waals surface area contributed by atoms with Crippen LogP contribution in [0.3, 0.4) is 0 Å². The van der Waals surface area contributed by atoms with E-state index < -0.39 is 47.8 Å².